The van der Waals surface area contributed by atoms with Gasteiger partial charge in [0.25, 0.3) is 12.4 Å². The van der Waals surface area contributed by atoms with Crippen molar-refractivity contribution in [1.29, 1.82) is 0 Å². The van der Waals surface area contributed by atoms with E-state index in [2.05, 4.69) is 94.6 Å². The molecule has 0 amide bonds. The molecule has 0 fully saturated rings. The normalized spacial score (nSPS) is 9.99. The van der Waals surface area contributed by atoms with Gasteiger partial charge in [-0.05, 0) is 110 Å². The fourth-order valence-corrected chi connectivity index (χ4v) is 8.34. The van der Waals surface area contributed by atoms with E-state index in [1.807, 2.05) is 6.92 Å². The molecule has 0 aromatic heterocycles. The summed E-state index contributed by atoms with van der Waals surface area (Å²) in [6.45, 7) is 43.1. The highest BCUT2D eigenvalue weighted by Gasteiger charge is 2.08. The summed E-state index contributed by atoms with van der Waals surface area (Å²) in [4.78, 5) is 71.8. The molecule has 0 aliphatic carbocycles. The zero-order chi connectivity index (χ0) is 89.6. The summed E-state index contributed by atoms with van der Waals surface area (Å²) < 4.78 is 0. The average Bonchev–Trinajstić information content (AvgIpc) is 1.08. The summed E-state index contributed by atoms with van der Waals surface area (Å²) in [5.41, 5.74) is 0. The van der Waals surface area contributed by atoms with Gasteiger partial charge in [0.1, 0.15) is 6.42 Å². The van der Waals surface area contributed by atoms with Crippen molar-refractivity contribution < 1.29 is 141 Å². The van der Waals surface area contributed by atoms with E-state index in [4.69, 9.17) is 122 Å². The zero-order valence-electron chi connectivity index (χ0n) is 72.8. The minimum Gasteiger partial charge on any atom is -0.483 e. The van der Waals surface area contributed by atoms with Crippen LogP contribution < -0.4 is 0 Å². The summed E-state index contributed by atoms with van der Waals surface area (Å²) in [5, 5.41) is 184. The number of halogens is 1. The molecule has 0 aliphatic rings. The Labute approximate surface area is 704 Å². The lowest BCUT2D eigenvalue weighted by atomic mass is 10.3. The van der Waals surface area contributed by atoms with Gasteiger partial charge in [-0.2, -0.15) is 0 Å². The van der Waals surface area contributed by atoms with Crippen molar-refractivity contribution in [3.8, 4) is 0 Å². The molecule has 0 saturated heterocycles. The zero-order valence-corrected chi connectivity index (χ0v) is 75.1. The van der Waals surface area contributed by atoms with Gasteiger partial charge < -0.3 is 112 Å². The van der Waals surface area contributed by atoms with E-state index in [-0.39, 0.29) is 143 Å². The molecular weight excluding hydrogens is 1610 g/mol. The Morgan fingerprint density at radius 2 is 0.333 bits per heavy atom. The Morgan fingerprint density at radius 1 is 0.228 bits per heavy atom. The number of carboxylic acids is 5. The summed E-state index contributed by atoms with van der Waals surface area (Å²) in [6, 6.07) is 0. The summed E-state index contributed by atoms with van der Waals surface area (Å²) >= 11 is 0. The minimum absolute atomic E-state index is 0. The van der Waals surface area contributed by atoms with Crippen LogP contribution in [0.4, 0.5) is 0 Å². The third kappa shape index (κ3) is 172. The van der Waals surface area contributed by atoms with Gasteiger partial charge in [0.15, 0.2) is 0 Å². The Morgan fingerprint density at radius 3 is 0.368 bits per heavy atom. The van der Waals surface area contributed by atoms with Crippen LogP contribution in [0.3, 0.4) is 0 Å². The van der Waals surface area contributed by atoms with Crippen molar-refractivity contribution in [2.24, 2.45) is 0 Å². The molecule has 36 nitrogen and oxygen atoms in total. The van der Waals surface area contributed by atoms with E-state index >= 15 is 0 Å². The fourth-order valence-electron chi connectivity index (χ4n) is 8.34. The highest BCUT2D eigenvalue weighted by Crippen LogP contribution is 2.00. The number of carbonyl (C=O) groups is 6. The van der Waals surface area contributed by atoms with Crippen molar-refractivity contribution in [2.75, 3.05) is 263 Å². The highest BCUT2D eigenvalue weighted by atomic mass is 127. The summed E-state index contributed by atoms with van der Waals surface area (Å²) in [7, 11) is 0. The molecular formula is C77H177IN8O28. The van der Waals surface area contributed by atoms with Gasteiger partial charge >= 0.3 is 23.9 Å². The minimum atomic E-state index is -1.31. The molecule has 0 saturated carbocycles. The molecule has 114 heavy (non-hydrogen) atoms. The van der Waals surface area contributed by atoms with E-state index in [1.165, 1.54) is 0 Å². The second-order valence-corrected chi connectivity index (χ2v) is 24.6. The second-order valence-electron chi connectivity index (χ2n) is 24.6. The third-order valence-corrected chi connectivity index (χ3v) is 14.4. The first kappa shape index (κ1) is 142. The van der Waals surface area contributed by atoms with Crippen molar-refractivity contribution >= 4 is 60.3 Å². The first-order valence-corrected chi connectivity index (χ1v) is 40.8. The first-order valence-electron chi connectivity index (χ1n) is 40.8. The maximum absolute atomic E-state index is 9.60. The van der Waals surface area contributed by atoms with E-state index in [0.717, 1.165) is 168 Å². The lowest BCUT2D eigenvalue weighted by Gasteiger charge is -2.19. The van der Waals surface area contributed by atoms with E-state index in [1.54, 1.807) is 6.92 Å². The van der Waals surface area contributed by atoms with E-state index < -0.39 is 36.3 Å². The van der Waals surface area contributed by atoms with Crippen molar-refractivity contribution in [2.45, 2.75) is 205 Å². The highest BCUT2D eigenvalue weighted by molar-refractivity contribution is 14.0. The molecule has 0 aliphatic heterocycles. The van der Waals surface area contributed by atoms with Gasteiger partial charge in [-0.25, -0.2) is 0 Å². The lowest BCUT2D eigenvalue weighted by molar-refractivity contribution is -0.147. The Balaban J connectivity index is -0.0000000801. The van der Waals surface area contributed by atoms with Gasteiger partial charge in [-0.3, -0.25) is 68.0 Å². The van der Waals surface area contributed by atoms with Gasteiger partial charge in [0, 0.05) is 124 Å². The van der Waals surface area contributed by atoms with Crippen molar-refractivity contribution in [1.82, 2.24) is 39.2 Å². The van der Waals surface area contributed by atoms with Gasteiger partial charge in [-0.1, -0.05) is 121 Å². The van der Waals surface area contributed by atoms with Gasteiger partial charge in [-0.15, -0.1) is 24.0 Å². The second kappa shape index (κ2) is 139. The number of carboxylic acid groups (broad SMARTS) is 6. The van der Waals surface area contributed by atoms with Crippen LogP contribution in [-0.4, -0.2) is 451 Å². The Bertz CT molecular complexity index is 1420. The van der Waals surface area contributed by atoms with Crippen LogP contribution in [-0.2, 0) is 28.8 Å². The fraction of sp³-hybridized carbons (Fsp3) is 0.922. The van der Waals surface area contributed by atoms with E-state index in [9.17, 15) is 19.2 Å². The smallest absolute Gasteiger partial charge is 0.314 e. The third-order valence-electron chi connectivity index (χ3n) is 14.4. The molecule has 0 heterocycles. The molecule has 0 rings (SSSR count). The van der Waals surface area contributed by atoms with E-state index in [0.29, 0.717) is 111 Å². The molecule has 700 valence electrons. The van der Waals surface area contributed by atoms with Crippen LogP contribution in [0.1, 0.15) is 205 Å². The van der Waals surface area contributed by atoms with Crippen LogP contribution in [0, 0.1) is 0 Å². The largest absolute Gasteiger partial charge is 0.483 e. The number of rotatable bonds is 61. The number of hydrogen-bond acceptors (Lipinski definition) is 30. The van der Waals surface area contributed by atoms with Gasteiger partial charge in [0.05, 0.1) is 106 Å². The molecule has 0 radical (unpaired) electrons. The predicted octanol–water partition coefficient (Wildman–Crippen LogP) is 1.89. The summed E-state index contributed by atoms with van der Waals surface area (Å²) in [6.07, 6.45) is 18.8. The number of aliphatic carboxylic acids is 5. The topological polar surface area (TPSA) is 573 Å². The number of aliphatic hydroxyl groups is 16. The van der Waals surface area contributed by atoms with Crippen molar-refractivity contribution in [3.63, 3.8) is 0 Å². The molecule has 0 unspecified atom stereocenters. The lowest BCUT2D eigenvalue weighted by Crippen LogP contribution is -2.30. The van der Waals surface area contributed by atoms with Crippen LogP contribution in [0.15, 0.2) is 0 Å². The standard InChI is InChI=1S/8C8H19NO2.C4H8O2.C3H4O4.C3H6O2.C2H4O2.CH2O2.HI/c8*1-2-3-4-9(5-7-10)6-8-11;1-2-3-4(5)6;4-2(5)1-3(6)7;1-2-3(4)5;1-2(3)4;2-1-3;/h8*10-11H,2-8H2,1H3;2-3H2,1H3,(H,5,6);1H2,(H,4,5)(H,6,7);2H2,1H3,(H,4,5);1H3,(H,3,4);1H,(H,2,3);1H. The van der Waals surface area contributed by atoms with Crippen LogP contribution >= 0.6 is 24.0 Å². The predicted molar refractivity (Wildman–Crippen MR) is 462 cm³/mol. The SMILES string of the molecule is CC(=O)O.CCC(=O)O.CCCC(=O)O.CCCCN(CCO)CCO.CCCCN(CCO)CCO.CCCCN(CCO)CCO.CCCCN(CCO)CCO.CCCCN(CCO)CCO.CCCCN(CCO)CCO.CCCCN(CCO)CCO.CCCCN(CCO)CCO.I.O=C(O)CC(=O)O.O=CO. The summed E-state index contributed by atoms with van der Waals surface area (Å²) in [5.74, 6) is -4.91. The van der Waals surface area contributed by atoms with Crippen LogP contribution in [0.25, 0.3) is 0 Å². The molecule has 0 bridgehead atoms. The number of unbranched alkanes of at least 4 members (excludes halogenated alkanes) is 8. The van der Waals surface area contributed by atoms with Crippen LogP contribution in [0.5, 0.6) is 0 Å². The first-order chi connectivity index (χ1) is 54.1. The van der Waals surface area contributed by atoms with Crippen LogP contribution in [0.2, 0.25) is 0 Å². The quantitative estimate of drug-likeness (QED) is 0.0235. The maximum atomic E-state index is 9.60. The molecule has 0 atom stereocenters. The average molecular weight is 1790 g/mol. The molecule has 22 N–H and O–H groups in total. The van der Waals surface area contributed by atoms with Gasteiger partial charge in [0.2, 0.25) is 0 Å². The molecule has 37 heteroatoms. The Kier molecular flexibility index (Phi) is 173. The molecule has 0 spiro atoms. The number of nitrogens with zero attached hydrogens (tertiary/aromatic N) is 8. The Hall–Kier alpha value is -3.41. The monoisotopic (exact) mass is 1790 g/mol. The van der Waals surface area contributed by atoms with Crippen molar-refractivity contribution in [3.05, 3.63) is 0 Å². The maximum Gasteiger partial charge on any atom is 0.314 e. The molecule has 0 aromatic rings. The molecule has 0 aromatic carbocycles. The number of hydrogen-bond donors (Lipinski definition) is 22. The number of aliphatic hydroxyl groups excluding tert-OH is 16.